The lowest BCUT2D eigenvalue weighted by atomic mass is 9.89. The van der Waals surface area contributed by atoms with Crippen molar-refractivity contribution in [2.45, 2.75) is 31.6 Å². The molecule has 0 bridgehead atoms. The summed E-state index contributed by atoms with van der Waals surface area (Å²) in [6, 6.07) is 0. The van der Waals surface area contributed by atoms with Gasteiger partial charge in [-0.3, -0.25) is 9.59 Å². The van der Waals surface area contributed by atoms with E-state index in [9.17, 15) is 9.59 Å². The number of nitrogens with one attached hydrogen (secondary N) is 2. The number of nitrogens with zero attached hydrogens (tertiary/aromatic N) is 3. The van der Waals surface area contributed by atoms with Crippen LogP contribution in [0.5, 0.6) is 0 Å². The quantitative estimate of drug-likeness (QED) is 0.750. The first-order valence-corrected chi connectivity index (χ1v) is 10.1. The number of rotatable bonds is 6. The lowest BCUT2D eigenvalue weighted by Gasteiger charge is -2.31. The van der Waals surface area contributed by atoms with Gasteiger partial charge in [-0.25, -0.2) is 0 Å². The summed E-state index contributed by atoms with van der Waals surface area (Å²) >= 11 is 1.61. The van der Waals surface area contributed by atoms with Crippen LogP contribution in [-0.2, 0) is 21.9 Å². The summed E-state index contributed by atoms with van der Waals surface area (Å²) in [7, 11) is 0. The van der Waals surface area contributed by atoms with Crippen LogP contribution in [0.25, 0.3) is 0 Å². The third-order valence-corrected chi connectivity index (χ3v) is 5.23. The normalized spacial score (nSPS) is 23.6. The predicted octanol–water partition coefficient (Wildman–Crippen LogP) is 0.397. The third kappa shape index (κ3) is 4.72. The van der Waals surface area contributed by atoms with Gasteiger partial charge in [0.2, 0.25) is 17.7 Å². The Morgan fingerprint density at radius 3 is 2.84 bits per heavy atom. The van der Waals surface area contributed by atoms with E-state index >= 15 is 0 Å². The van der Waals surface area contributed by atoms with Gasteiger partial charge in [-0.2, -0.15) is 16.7 Å². The minimum atomic E-state index is -0.209. The summed E-state index contributed by atoms with van der Waals surface area (Å²) in [5, 5.41) is 9.93. The first-order valence-electron chi connectivity index (χ1n) is 8.75. The van der Waals surface area contributed by atoms with E-state index in [1.54, 1.807) is 11.8 Å². The summed E-state index contributed by atoms with van der Waals surface area (Å²) in [5.41, 5.74) is 0. The first kappa shape index (κ1) is 18.2. The number of aromatic nitrogens is 2. The molecule has 0 unspecified atom stereocenters. The van der Waals surface area contributed by atoms with E-state index in [4.69, 9.17) is 4.52 Å². The van der Waals surface area contributed by atoms with Gasteiger partial charge in [-0.1, -0.05) is 5.16 Å². The van der Waals surface area contributed by atoms with Crippen molar-refractivity contribution >= 4 is 23.6 Å². The zero-order valence-corrected chi connectivity index (χ0v) is 15.3. The Kier molecular flexibility index (Phi) is 6.30. The van der Waals surface area contributed by atoms with Crippen LogP contribution in [0, 0.1) is 11.8 Å². The Labute approximate surface area is 151 Å². The smallest absolute Gasteiger partial charge is 0.246 e. The van der Waals surface area contributed by atoms with Gasteiger partial charge in [-0.05, 0) is 25.5 Å². The van der Waals surface area contributed by atoms with Crippen molar-refractivity contribution in [1.29, 1.82) is 0 Å². The van der Waals surface area contributed by atoms with Crippen LogP contribution >= 0.6 is 11.8 Å². The van der Waals surface area contributed by atoms with Gasteiger partial charge < -0.3 is 20.1 Å². The molecule has 0 radical (unpaired) electrons. The minimum Gasteiger partial charge on any atom is -0.347 e. The Hall–Kier alpha value is -1.61. The van der Waals surface area contributed by atoms with E-state index < -0.39 is 0 Å². The molecule has 2 fully saturated rings. The zero-order chi connectivity index (χ0) is 17.6. The second-order valence-corrected chi connectivity index (χ2v) is 7.44. The molecule has 2 saturated heterocycles. The van der Waals surface area contributed by atoms with E-state index in [1.165, 1.54) is 0 Å². The van der Waals surface area contributed by atoms with Crippen molar-refractivity contribution in [3.8, 4) is 0 Å². The molecule has 2 amide bonds. The molecule has 3 rings (SSSR count). The van der Waals surface area contributed by atoms with Crippen LogP contribution < -0.4 is 10.6 Å². The maximum absolute atomic E-state index is 12.5. The molecule has 2 atom stereocenters. The highest BCUT2D eigenvalue weighted by molar-refractivity contribution is 7.97. The van der Waals surface area contributed by atoms with E-state index in [2.05, 4.69) is 20.8 Å². The fourth-order valence-corrected chi connectivity index (χ4v) is 3.76. The second-order valence-electron chi connectivity index (χ2n) is 6.58. The molecule has 0 aromatic carbocycles. The summed E-state index contributed by atoms with van der Waals surface area (Å²) in [6.45, 7) is 3.17. The molecule has 2 N–H and O–H groups in total. The molecule has 25 heavy (non-hydrogen) atoms. The number of piperidine rings is 1. The Morgan fingerprint density at radius 2 is 2.08 bits per heavy atom. The Morgan fingerprint density at radius 1 is 1.32 bits per heavy atom. The topological polar surface area (TPSA) is 100 Å². The standard InChI is InChI=1S/C16H25N5O3S/c1-25-10-13-19-14(24-20-13)9-18-15(22)11-6-12(8-17-7-11)16(23)21-4-2-3-5-21/h11-12,17H,2-10H2,1H3,(H,18,22)/t11-,12-/m1/s1. The van der Waals surface area contributed by atoms with Crippen molar-refractivity contribution in [2.24, 2.45) is 11.8 Å². The molecular formula is C16H25N5O3S. The third-order valence-electron chi connectivity index (χ3n) is 4.69. The highest BCUT2D eigenvalue weighted by atomic mass is 32.2. The van der Waals surface area contributed by atoms with E-state index in [0.29, 0.717) is 37.0 Å². The molecule has 3 heterocycles. The molecule has 1 aromatic rings. The number of likely N-dealkylation sites (tertiary alicyclic amines) is 1. The van der Waals surface area contributed by atoms with Gasteiger partial charge in [0.1, 0.15) is 0 Å². The van der Waals surface area contributed by atoms with Crippen molar-refractivity contribution in [3.05, 3.63) is 11.7 Å². The molecule has 0 aliphatic carbocycles. The number of thioether (sulfide) groups is 1. The molecule has 1 aromatic heterocycles. The van der Waals surface area contributed by atoms with Gasteiger partial charge in [0.15, 0.2) is 5.82 Å². The highest BCUT2D eigenvalue weighted by Crippen LogP contribution is 2.21. The second kappa shape index (κ2) is 8.66. The number of carbonyl (C=O) groups excluding carboxylic acids is 2. The molecule has 2 aliphatic heterocycles. The van der Waals surface area contributed by atoms with Crippen LogP contribution in [0.3, 0.4) is 0 Å². The van der Waals surface area contributed by atoms with Crippen molar-refractivity contribution < 1.29 is 14.1 Å². The minimum absolute atomic E-state index is 0.0731. The van der Waals surface area contributed by atoms with Crippen molar-refractivity contribution in [3.63, 3.8) is 0 Å². The maximum atomic E-state index is 12.5. The number of carbonyl (C=O) groups is 2. The van der Waals surface area contributed by atoms with Gasteiger partial charge in [-0.15, -0.1) is 0 Å². The largest absolute Gasteiger partial charge is 0.347 e. The van der Waals surface area contributed by atoms with Crippen LogP contribution in [0.15, 0.2) is 4.52 Å². The predicted molar refractivity (Wildman–Crippen MR) is 93.6 cm³/mol. The summed E-state index contributed by atoms with van der Waals surface area (Å²) in [6.07, 6.45) is 4.72. The average molecular weight is 367 g/mol. The van der Waals surface area contributed by atoms with Crippen LogP contribution in [0.4, 0.5) is 0 Å². The molecular weight excluding hydrogens is 342 g/mol. The fourth-order valence-electron chi connectivity index (χ4n) is 3.38. The Balaban J connectivity index is 1.48. The molecule has 138 valence electrons. The average Bonchev–Trinajstić information content (AvgIpc) is 3.31. The lowest BCUT2D eigenvalue weighted by Crippen LogP contribution is -2.48. The summed E-state index contributed by atoms with van der Waals surface area (Å²) in [5.74, 6) is 1.51. The van der Waals surface area contributed by atoms with Crippen LogP contribution in [-0.4, -0.2) is 59.3 Å². The summed E-state index contributed by atoms with van der Waals surface area (Å²) in [4.78, 5) is 31.1. The SMILES string of the molecule is CSCc1noc(CNC(=O)[C@H]2CNC[C@H](C(=O)N3CCCC3)C2)n1. The van der Waals surface area contributed by atoms with E-state index in [1.807, 2.05) is 11.2 Å². The number of hydrogen-bond acceptors (Lipinski definition) is 7. The fraction of sp³-hybridized carbons (Fsp3) is 0.750. The van der Waals surface area contributed by atoms with Crippen LogP contribution in [0.2, 0.25) is 0 Å². The van der Waals surface area contributed by atoms with Gasteiger partial charge >= 0.3 is 0 Å². The molecule has 2 aliphatic rings. The zero-order valence-electron chi connectivity index (χ0n) is 14.5. The molecule has 8 nitrogen and oxygen atoms in total. The van der Waals surface area contributed by atoms with Crippen LogP contribution in [0.1, 0.15) is 31.0 Å². The number of hydrogen-bond donors (Lipinski definition) is 2. The maximum Gasteiger partial charge on any atom is 0.246 e. The van der Waals surface area contributed by atoms with Gasteiger partial charge in [0.05, 0.1) is 24.1 Å². The number of amides is 2. The van der Waals surface area contributed by atoms with E-state index in [0.717, 1.165) is 25.9 Å². The monoisotopic (exact) mass is 367 g/mol. The van der Waals surface area contributed by atoms with Crippen molar-refractivity contribution in [1.82, 2.24) is 25.7 Å². The van der Waals surface area contributed by atoms with E-state index in [-0.39, 0.29) is 30.2 Å². The molecule has 0 spiro atoms. The molecule has 9 heteroatoms. The lowest BCUT2D eigenvalue weighted by molar-refractivity contribution is -0.136. The highest BCUT2D eigenvalue weighted by Gasteiger charge is 2.34. The van der Waals surface area contributed by atoms with Gasteiger partial charge in [0.25, 0.3) is 0 Å². The Bertz CT molecular complexity index is 602. The summed E-state index contributed by atoms with van der Waals surface area (Å²) < 4.78 is 5.12. The first-order chi connectivity index (χ1) is 12.2. The van der Waals surface area contributed by atoms with Crippen molar-refractivity contribution in [2.75, 3.05) is 32.4 Å². The molecule has 0 saturated carbocycles. The van der Waals surface area contributed by atoms with Gasteiger partial charge in [0, 0.05) is 26.2 Å².